The van der Waals surface area contributed by atoms with Crippen LogP contribution in [0, 0.1) is 11.8 Å². The average molecular weight is 344 g/mol. The molecule has 1 aromatic rings. The highest BCUT2D eigenvalue weighted by molar-refractivity contribution is 7.99. The molecule has 2 heterocycles. The van der Waals surface area contributed by atoms with Gasteiger partial charge in [-0.05, 0) is 24.7 Å². The van der Waals surface area contributed by atoms with Crippen LogP contribution in [-0.4, -0.2) is 79.1 Å². The quantitative estimate of drug-likeness (QED) is 0.775. The molecule has 0 aromatic heterocycles. The molecular formula is C20H29N3S. The number of benzene rings is 1. The fourth-order valence-corrected chi connectivity index (χ4v) is 4.19. The van der Waals surface area contributed by atoms with Crippen molar-refractivity contribution in [1.82, 2.24) is 14.7 Å². The second-order valence-electron chi connectivity index (χ2n) is 6.79. The number of rotatable bonds is 4. The lowest BCUT2D eigenvalue weighted by Gasteiger charge is -2.32. The largest absolute Gasteiger partial charge is 0.304 e. The Hall–Kier alpha value is -0.990. The molecule has 4 heteroatoms. The molecular weight excluding hydrogens is 314 g/mol. The maximum absolute atomic E-state index is 3.37. The van der Waals surface area contributed by atoms with Gasteiger partial charge in [0.15, 0.2) is 0 Å². The first-order valence-corrected chi connectivity index (χ1v) is 10.2. The standard InChI is InChI=1S/C20H29N3S/c1-21-9-11-23(12-10-21)18-20-7-4-6-19(17-20)5-2-3-8-22-13-15-24-16-14-22/h4,6-7,17H,3,8-16,18H2,1H3. The Bertz CT molecular complexity index is 564. The van der Waals surface area contributed by atoms with Gasteiger partial charge in [-0.15, -0.1) is 0 Å². The highest BCUT2D eigenvalue weighted by Gasteiger charge is 2.13. The molecule has 0 aliphatic carbocycles. The Morgan fingerprint density at radius 3 is 2.58 bits per heavy atom. The fourth-order valence-electron chi connectivity index (χ4n) is 3.21. The van der Waals surface area contributed by atoms with Crippen molar-refractivity contribution < 1.29 is 0 Å². The number of hydrogen-bond donors (Lipinski definition) is 0. The molecule has 3 rings (SSSR count). The maximum atomic E-state index is 3.37. The molecule has 0 N–H and O–H groups in total. The van der Waals surface area contributed by atoms with Crippen molar-refractivity contribution in [2.75, 3.05) is 64.4 Å². The summed E-state index contributed by atoms with van der Waals surface area (Å²) in [6.45, 7) is 9.31. The molecule has 0 atom stereocenters. The molecule has 2 fully saturated rings. The van der Waals surface area contributed by atoms with Crippen molar-refractivity contribution in [3.05, 3.63) is 35.4 Å². The van der Waals surface area contributed by atoms with Crippen LogP contribution in [-0.2, 0) is 6.54 Å². The van der Waals surface area contributed by atoms with E-state index in [1.165, 1.54) is 56.3 Å². The van der Waals surface area contributed by atoms with Crippen molar-refractivity contribution in [3.8, 4) is 11.8 Å². The zero-order chi connectivity index (χ0) is 16.6. The molecule has 130 valence electrons. The molecule has 2 aliphatic rings. The van der Waals surface area contributed by atoms with E-state index in [2.05, 4.69) is 69.6 Å². The van der Waals surface area contributed by atoms with Crippen molar-refractivity contribution in [3.63, 3.8) is 0 Å². The van der Waals surface area contributed by atoms with Crippen LogP contribution in [0.25, 0.3) is 0 Å². The SMILES string of the molecule is CN1CCN(Cc2cccc(C#CCCN3CCSCC3)c2)CC1. The Morgan fingerprint density at radius 1 is 1.00 bits per heavy atom. The normalized spacial score (nSPS) is 20.5. The van der Waals surface area contributed by atoms with Crippen molar-refractivity contribution in [2.24, 2.45) is 0 Å². The summed E-state index contributed by atoms with van der Waals surface area (Å²) < 4.78 is 0. The van der Waals surface area contributed by atoms with Crippen LogP contribution < -0.4 is 0 Å². The maximum Gasteiger partial charge on any atom is 0.0248 e. The van der Waals surface area contributed by atoms with E-state index < -0.39 is 0 Å². The number of thioether (sulfide) groups is 1. The Balaban J connectivity index is 1.47. The highest BCUT2D eigenvalue weighted by Crippen LogP contribution is 2.11. The van der Waals surface area contributed by atoms with Crippen molar-refractivity contribution in [2.45, 2.75) is 13.0 Å². The summed E-state index contributed by atoms with van der Waals surface area (Å²) >= 11 is 2.07. The average Bonchev–Trinajstić information content (AvgIpc) is 2.62. The van der Waals surface area contributed by atoms with Crippen LogP contribution in [0.3, 0.4) is 0 Å². The summed E-state index contributed by atoms with van der Waals surface area (Å²) in [5.74, 6) is 9.29. The molecule has 2 aliphatic heterocycles. The van der Waals surface area contributed by atoms with Crippen LogP contribution in [0.2, 0.25) is 0 Å². The Labute approximate surface area is 151 Å². The van der Waals surface area contributed by atoms with Gasteiger partial charge in [0.2, 0.25) is 0 Å². The van der Waals surface area contributed by atoms with E-state index in [9.17, 15) is 0 Å². The van der Waals surface area contributed by atoms with Crippen LogP contribution in [0.15, 0.2) is 24.3 Å². The third-order valence-corrected chi connectivity index (χ3v) is 5.76. The summed E-state index contributed by atoms with van der Waals surface area (Å²) in [6.07, 6.45) is 0.980. The minimum Gasteiger partial charge on any atom is -0.304 e. The van der Waals surface area contributed by atoms with Gasteiger partial charge in [0.25, 0.3) is 0 Å². The zero-order valence-electron chi connectivity index (χ0n) is 14.8. The van der Waals surface area contributed by atoms with Gasteiger partial charge in [-0.25, -0.2) is 0 Å². The number of hydrogen-bond acceptors (Lipinski definition) is 4. The Morgan fingerprint density at radius 2 is 1.79 bits per heavy atom. The number of piperazine rings is 1. The molecule has 0 spiro atoms. The predicted octanol–water partition coefficient (Wildman–Crippen LogP) is 2.22. The molecule has 3 nitrogen and oxygen atoms in total. The van der Waals surface area contributed by atoms with E-state index in [-0.39, 0.29) is 0 Å². The summed E-state index contributed by atoms with van der Waals surface area (Å²) in [6, 6.07) is 8.78. The summed E-state index contributed by atoms with van der Waals surface area (Å²) in [5.41, 5.74) is 2.55. The van der Waals surface area contributed by atoms with E-state index in [1.54, 1.807) is 0 Å². The van der Waals surface area contributed by atoms with E-state index in [4.69, 9.17) is 0 Å². The van der Waals surface area contributed by atoms with E-state index in [0.717, 1.165) is 25.1 Å². The molecule has 0 unspecified atom stereocenters. The van der Waals surface area contributed by atoms with Gasteiger partial charge in [0, 0.05) is 75.8 Å². The first-order chi connectivity index (χ1) is 11.8. The molecule has 0 amide bonds. The van der Waals surface area contributed by atoms with Gasteiger partial charge in [0.1, 0.15) is 0 Å². The Kier molecular flexibility index (Phi) is 7.04. The van der Waals surface area contributed by atoms with E-state index in [1.807, 2.05) is 0 Å². The topological polar surface area (TPSA) is 9.72 Å². The monoisotopic (exact) mass is 343 g/mol. The predicted molar refractivity (Wildman–Crippen MR) is 104 cm³/mol. The second-order valence-corrected chi connectivity index (χ2v) is 8.01. The lowest BCUT2D eigenvalue weighted by atomic mass is 10.1. The number of nitrogens with zero attached hydrogens (tertiary/aromatic N) is 3. The van der Waals surface area contributed by atoms with Crippen LogP contribution in [0.1, 0.15) is 17.5 Å². The minimum atomic E-state index is 0.980. The molecule has 1 aromatic carbocycles. The zero-order valence-corrected chi connectivity index (χ0v) is 15.7. The van der Waals surface area contributed by atoms with Gasteiger partial charge in [0.05, 0.1) is 0 Å². The van der Waals surface area contributed by atoms with E-state index >= 15 is 0 Å². The van der Waals surface area contributed by atoms with Gasteiger partial charge in [-0.3, -0.25) is 4.90 Å². The lowest BCUT2D eigenvalue weighted by molar-refractivity contribution is 0.148. The summed E-state index contributed by atoms with van der Waals surface area (Å²) in [5, 5.41) is 0. The molecule has 24 heavy (non-hydrogen) atoms. The third-order valence-electron chi connectivity index (χ3n) is 4.82. The van der Waals surface area contributed by atoms with Crippen LogP contribution in [0.5, 0.6) is 0 Å². The van der Waals surface area contributed by atoms with Crippen LogP contribution in [0.4, 0.5) is 0 Å². The molecule has 2 saturated heterocycles. The first kappa shape index (κ1) is 17.8. The smallest absolute Gasteiger partial charge is 0.0248 e. The molecule has 0 bridgehead atoms. The van der Waals surface area contributed by atoms with Gasteiger partial charge < -0.3 is 9.80 Å². The molecule has 0 radical (unpaired) electrons. The first-order valence-electron chi connectivity index (χ1n) is 9.08. The summed E-state index contributed by atoms with van der Waals surface area (Å²) in [4.78, 5) is 7.48. The highest BCUT2D eigenvalue weighted by atomic mass is 32.2. The van der Waals surface area contributed by atoms with Gasteiger partial charge >= 0.3 is 0 Å². The van der Waals surface area contributed by atoms with Crippen molar-refractivity contribution in [1.29, 1.82) is 0 Å². The number of likely N-dealkylation sites (N-methyl/N-ethyl adjacent to an activating group) is 1. The van der Waals surface area contributed by atoms with Gasteiger partial charge in [-0.2, -0.15) is 11.8 Å². The summed E-state index contributed by atoms with van der Waals surface area (Å²) in [7, 11) is 2.20. The van der Waals surface area contributed by atoms with Gasteiger partial charge in [-0.1, -0.05) is 24.0 Å². The van der Waals surface area contributed by atoms with Crippen molar-refractivity contribution >= 4 is 11.8 Å². The second kappa shape index (κ2) is 9.48. The fraction of sp³-hybridized carbons (Fsp3) is 0.600. The van der Waals surface area contributed by atoms with E-state index in [0.29, 0.717) is 0 Å². The third kappa shape index (κ3) is 5.82. The minimum absolute atomic E-state index is 0.980. The molecule has 0 saturated carbocycles. The van der Waals surface area contributed by atoms with Crippen LogP contribution >= 0.6 is 11.8 Å². The lowest BCUT2D eigenvalue weighted by Crippen LogP contribution is -2.43.